The number of aliphatic hydroxyl groups is 1. The largest absolute Gasteiger partial charge is 0.495 e. The number of pyridine rings is 1. The summed E-state index contributed by atoms with van der Waals surface area (Å²) in [6.07, 6.45) is 2.55. The third-order valence-corrected chi connectivity index (χ3v) is 3.00. The summed E-state index contributed by atoms with van der Waals surface area (Å²) >= 11 is 3.36. The normalized spacial score (nSPS) is 12.2. The third kappa shape index (κ3) is 2.84. The van der Waals surface area contributed by atoms with Crippen molar-refractivity contribution >= 4 is 15.9 Å². The Hall–Kier alpha value is -1.39. The van der Waals surface area contributed by atoms with Crippen LogP contribution in [0.4, 0.5) is 0 Å². The van der Waals surface area contributed by atoms with Gasteiger partial charge in [0.2, 0.25) is 0 Å². The minimum atomic E-state index is -0.689. The summed E-state index contributed by atoms with van der Waals surface area (Å²) in [6, 6.07) is 9.31. The number of rotatable bonds is 3. The third-order valence-electron chi connectivity index (χ3n) is 2.47. The molecule has 3 nitrogen and oxygen atoms in total. The van der Waals surface area contributed by atoms with Gasteiger partial charge in [-0.1, -0.05) is 28.1 Å². The highest BCUT2D eigenvalue weighted by atomic mass is 79.9. The Bertz CT molecular complexity index is 499. The molecule has 0 aliphatic carbocycles. The molecule has 17 heavy (non-hydrogen) atoms. The van der Waals surface area contributed by atoms with E-state index < -0.39 is 6.10 Å². The molecule has 0 amide bonds. The van der Waals surface area contributed by atoms with E-state index in [2.05, 4.69) is 20.9 Å². The number of halogens is 1. The van der Waals surface area contributed by atoms with Crippen LogP contribution < -0.4 is 4.74 Å². The van der Waals surface area contributed by atoms with Gasteiger partial charge in [-0.25, -0.2) is 0 Å². The SMILES string of the molecule is COc1cncc(C(O)c2ccc(Br)cc2)c1. The van der Waals surface area contributed by atoms with Crippen LogP contribution in [0.3, 0.4) is 0 Å². The molecule has 0 saturated heterocycles. The molecule has 1 aromatic heterocycles. The van der Waals surface area contributed by atoms with Gasteiger partial charge in [-0.2, -0.15) is 0 Å². The predicted molar refractivity (Wildman–Crippen MR) is 69.0 cm³/mol. The monoisotopic (exact) mass is 293 g/mol. The molecule has 0 aliphatic heterocycles. The van der Waals surface area contributed by atoms with Crippen molar-refractivity contribution in [3.63, 3.8) is 0 Å². The number of aliphatic hydroxyl groups excluding tert-OH is 1. The zero-order valence-electron chi connectivity index (χ0n) is 9.30. The van der Waals surface area contributed by atoms with Crippen LogP contribution in [0.15, 0.2) is 47.2 Å². The summed E-state index contributed by atoms with van der Waals surface area (Å²) in [6.45, 7) is 0. The first kappa shape index (κ1) is 12.1. The molecule has 2 rings (SSSR count). The molecule has 0 saturated carbocycles. The number of hydrogen-bond acceptors (Lipinski definition) is 3. The number of benzene rings is 1. The number of aromatic nitrogens is 1. The lowest BCUT2D eigenvalue weighted by Crippen LogP contribution is -2.00. The summed E-state index contributed by atoms with van der Waals surface area (Å²) in [5.41, 5.74) is 1.54. The Kier molecular flexibility index (Phi) is 3.76. The predicted octanol–water partition coefficient (Wildman–Crippen LogP) is 2.93. The van der Waals surface area contributed by atoms with E-state index in [9.17, 15) is 5.11 Å². The standard InChI is InChI=1S/C13H12BrNO2/c1-17-12-6-10(7-15-8-12)13(16)9-2-4-11(14)5-3-9/h2-8,13,16H,1H3. The van der Waals surface area contributed by atoms with E-state index >= 15 is 0 Å². The Balaban J connectivity index is 2.29. The molecule has 0 aliphatic rings. The maximum absolute atomic E-state index is 10.2. The van der Waals surface area contributed by atoms with E-state index in [4.69, 9.17) is 4.74 Å². The first-order valence-corrected chi connectivity index (χ1v) is 5.92. The van der Waals surface area contributed by atoms with Crippen LogP contribution in [0.25, 0.3) is 0 Å². The fourth-order valence-electron chi connectivity index (χ4n) is 1.53. The molecule has 0 fully saturated rings. The van der Waals surface area contributed by atoms with Gasteiger partial charge in [0.05, 0.1) is 13.3 Å². The van der Waals surface area contributed by atoms with E-state index in [1.165, 1.54) is 0 Å². The van der Waals surface area contributed by atoms with Crippen LogP contribution in [0, 0.1) is 0 Å². The van der Waals surface area contributed by atoms with Gasteiger partial charge in [0.1, 0.15) is 11.9 Å². The zero-order valence-corrected chi connectivity index (χ0v) is 10.9. The summed E-state index contributed by atoms with van der Waals surface area (Å²) in [5.74, 6) is 0.638. The lowest BCUT2D eigenvalue weighted by Gasteiger charge is -2.12. The second-order valence-electron chi connectivity index (χ2n) is 3.61. The second kappa shape index (κ2) is 5.29. The van der Waals surface area contributed by atoms with E-state index in [-0.39, 0.29) is 0 Å². The van der Waals surface area contributed by atoms with E-state index in [1.54, 1.807) is 25.6 Å². The Morgan fingerprint density at radius 2 is 1.88 bits per heavy atom. The minimum Gasteiger partial charge on any atom is -0.495 e. The Morgan fingerprint density at radius 3 is 2.53 bits per heavy atom. The fourth-order valence-corrected chi connectivity index (χ4v) is 1.80. The van der Waals surface area contributed by atoms with Crippen molar-refractivity contribution in [2.45, 2.75) is 6.10 Å². The quantitative estimate of drug-likeness (QED) is 0.946. The summed E-state index contributed by atoms with van der Waals surface area (Å²) < 4.78 is 6.06. The Labute approximate surface area is 108 Å². The van der Waals surface area contributed by atoms with Crippen LogP contribution >= 0.6 is 15.9 Å². The highest BCUT2D eigenvalue weighted by Crippen LogP contribution is 2.25. The van der Waals surface area contributed by atoms with E-state index in [0.29, 0.717) is 11.3 Å². The van der Waals surface area contributed by atoms with Crippen molar-refractivity contribution in [3.05, 3.63) is 58.3 Å². The topological polar surface area (TPSA) is 42.4 Å². The van der Waals surface area contributed by atoms with Crippen molar-refractivity contribution < 1.29 is 9.84 Å². The van der Waals surface area contributed by atoms with Crippen molar-refractivity contribution in [3.8, 4) is 5.75 Å². The van der Waals surface area contributed by atoms with Crippen LogP contribution in [0.1, 0.15) is 17.2 Å². The fraction of sp³-hybridized carbons (Fsp3) is 0.154. The van der Waals surface area contributed by atoms with Crippen molar-refractivity contribution in [1.82, 2.24) is 4.98 Å². The molecule has 0 radical (unpaired) electrons. The summed E-state index contributed by atoms with van der Waals surface area (Å²) in [4.78, 5) is 4.03. The van der Waals surface area contributed by atoms with Gasteiger partial charge in [-0.3, -0.25) is 4.98 Å². The van der Waals surface area contributed by atoms with Crippen molar-refractivity contribution in [1.29, 1.82) is 0 Å². The molecule has 88 valence electrons. The summed E-state index contributed by atoms with van der Waals surface area (Å²) in [5, 5.41) is 10.2. The average molecular weight is 294 g/mol. The molecule has 1 N–H and O–H groups in total. The molecule has 4 heteroatoms. The first-order chi connectivity index (χ1) is 8.20. The van der Waals surface area contributed by atoms with Crippen molar-refractivity contribution in [2.75, 3.05) is 7.11 Å². The minimum absolute atomic E-state index is 0.638. The average Bonchev–Trinajstić information content (AvgIpc) is 2.39. The molecule has 1 unspecified atom stereocenters. The van der Waals surface area contributed by atoms with Gasteiger partial charge >= 0.3 is 0 Å². The molecule has 1 atom stereocenters. The van der Waals surface area contributed by atoms with Crippen LogP contribution in [0.2, 0.25) is 0 Å². The highest BCUT2D eigenvalue weighted by molar-refractivity contribution is 9.10. The molecule has 0 spiro atoms. The Morgan fingerprint density at radius 1 is 1.18 bits per heavy atom. The zero-order chi connectivity index (χ0) is 12.3. The lowest BCUT2D eigenvalue weighted by molar-refractivity contribution is 0.219. The van der Waals surface area contributed by atoms with Gasteiger partial charge in [-0.05, 0) is 23.8 Å². The van der Waals surface area contributed by atoms with Crippen molar-refractivity contribution in [2.24, 2.45) is 0 Å². The number of ether oxygens (including phenoxy) is 1. The molecule has 2 aromatic rings. The van der Waals surface area contributed by atoms with E-state index in [0.717, 1.165) is 10.0 Å². The number of methoxy groups -OCH3 is 1. The summed E-state index contributed by atoms with van der Waals surface area (Å²) in [7, 11) is 1.58. The van der Waals surface area contributed by atoms with Crippen LogP contribution in [-0.2, 0) is 0 Å². The smallest absolute Gasteiger partial charge is 0.137 e. The van der Waals surface area contributed by atoms with Crippen LogP contribution in [0.5, 0.6) is 5.75 Å². The first-order valence-electron chi connectivity index (χ1n) is 5.13. The molecule has 1 aromatic carbocycles. The van der Waals surface area contributed by atoms with E-state index in [1.807, 2.05) is 24.3 Å². The number of hydrogen-bond donors (Lipinski definition) is 1. The maximum atomic E-state index is 10.2. The number of nitrogens with zero attached hydrogens (tertiary/aromatic N) is 1. The van der Waals surface area contributed by atoms with Gasteiger partial charge in [0, 0.05) is 16.2 Å². The molecule has 1 heterocycles. The van der Waals surface area contributed by atoms with Gasteiger partial charge in [-0.15, -0.1) is 0 Å². The lowest BCUT2D eigenvalue weighted by atomic mass is 10.0. The maximum Gasteiger partial charge on any atom is 0.137 e. The van der Waals surface area contributed by atoms with Gasteiger partial charge in [0.15, 0.2) is 0 Å². The van der Waals surface area contributed by atoms with Crippen LogP contribution in [-0.4, -0.2) is 17.2 Å². The highest BCUT2D eigenvalue weighted by Gasteiger charge is 2.11. The van der Waals surface area contributed by atoms with Gasteiger partial charge in [0.25, 0.3) is 0 Å². The second-order valence-corrected chi connectivity index (χ2v) is 4.53. The molecular formula is C13H12BrNO2. The van der Waals surface area contributed by atoms with Gasteiger partial charge < -0.3 is 9.84 Å². The molecule has 0 bridgehead atoms. The molecular weight excluding hydrogens is 282 g/mol.